The quantitative estimate of drug-likeness (QED) is 0.0504. The molecule has 14 nitrogen and oxygen atoms in total. The third-order valence-corrected chi connectivity index (χ3v) is 20.5. The number of thioether (sulfide) groups is 1. The molecule has 4 aromatic rings. The van der Waals surface area contributed by atoms with Crippen LogP contribution in [0.4, 0.5) is 24.5 Å². The van der Waals surface area contributed by atoms with E-state index in [1.165, 1.54) is 40.6 Å². The molecule has 22 heteroatoms. The minimum absolute atomic E-state index is 0.0133. The van der Waals surface area contributed by atoms with Crippen molar-refractivity contribution in [1.82, 2.24) is 19.4 Å². The van der Waals surface area contributed by atoms with Crippen molar-refractivity contribution in [3.8, 4) is 0 Å². The second kappa shape index (κ2) is 26.3. The van der Waals surface area contributed by atoms with E-state index in [9.17, 15) is 39.4 Å². The zero-order valence-electron chi connectivity index (χ0n) is 43.7. The zero-order valence-corrected chi connectivity index (χ0v) is 47.8. The number of sulfonamides is 1. The van der Waals surface area contributed by atoms with Crippen LogP contribution in [0.15, 0.2) is 117 Å². The van der Waals surface area contributed by atoms with E-state index in [4.69, 9.17) is 20.6 Å². The Hall–Kier alpha value is -3.95. The summed E-state index contributed by atoms with van der Waals surface area (Å²) in [6.07, 6.45) is 4.49. The molecule has 4 aromatic carbocycles. The third kappa shape index (κ3) is 16.3. The van der Waals surface area contributed by atoms with Crippen LogP contribution in [0.25, 0.3) is 5.57 Å². The molecule has 0 unspecified atom stereocenters. The van der Waals surface area contributed by atoms with Crippen molar-refractivity contribution < 1.29 is 48.4 Å². The van der Waals surface area contributed by atoms with Gasteiger partial charge in [-0.3, -0.25) is 14.3 Å². The van der Waals surface area contributed by atoms with E-state index in [0.29, 0.717) is 75.2 Å². The molecule has 2 fully saturated rings. The minimum atomic E-state index is -6.11. The number of carbonyl (C=O) groups excluding carboxylic acids is 1. The highest BCUT2D eigenvalue weighted by Crippen LogP contribution is 2.48. The van der Waals surface area contributed by atoms with Crippen LogP contribution >= 0.6 is 31.0 Å². The molecule has 0 radical (unpaired) electrons. The van der Waals surface area contributed by atoms with Crippen LogP contribution in [0.5, 0.6) is 0 Å². The maximum Gasteiger partial charge on any atom is 0.501 e. The number of benzene rings is 4. The average Bonchev–Trinajstić information content (AvgIpc) is 3.39. The first-order valence-corrected chi connectivity index (χ1v) is 32.0. The SMILES string of the molecule is CCOP(=O)(CCCN1CCN(CC[C@H](CSc2ccccc2)Nc2ccc(S(=O)(=O)NC(=O)c3ccc(N4CCN(CC5=C(c6ccc(Cl)cc6)CCC(C)(C)C5)CC4)cc3)cc2S(=O)(=O)C(F)(F)F)CC1)OCC. The Morgan fingerprint density at radius 1 is 0.816 bits per heavy atom. The van der Waals surface area contributed by atoms with Gasteiger partial charge in [0.2, 0.25) is 0 Å². The Morgan fingerprint density at radius 3 is 2.05 bits per heavy atom. The van der Waals surface area contributed by atoms with Gasteiger partial charge in [-0.15, -0.1) is 11.8 Å². The maximum atomic E-state index is 14.4. The Balaban J connectivity index is 0.988. The number of amides is 1. The first kappa shape index (κ1) is 59.7. The van der Waals surface area contributed by atoms with E-state index < -0.39 is 60.4 Å². The summed E-state index contributed by atoms with van der Waals surface area (Å²) in [6.45, 7) is 16.8. The first-order valence-electron chi connectivity index (χ1n) is 25.9. The maximum absolute atomic E-state index is 14.4. The molecular formula is C54H71ClF3N6O8PS3. The van der Waals surface area contributed by atoms with Gasteiger partial charge in [0.15, 0.2) is 0 Å². The molecule has 416 valence electrons. The number of hydrogen-bond donors (Lipinski definition) is 2. The average molecular weight is 1150 g/mol. The van der Waals surface area contributed by atoms with Gasteiger partial charge >= 0.3 is 13.1 Å². The summed E-state index contributed by atoms with van der Waals surface area (Å²) in [4.78, 5) is 21.4. The third-order valence-electron chi connectivity index (χ3n) is 14.1. The van der Waals surface area contributed by atoms with Crippen molar-refractivity contribution in [1.29, 1.82) is 0 Å². The summed E-state index contributed by atoms with van der Waals surface area (Å²) in [5, 5.41) is 3.75. The Bertz CT molecular complexity index is 2880. The number of nitrogens with zero attached hydrogens (tertiary/aromatic N) is 4. The Labute approximate surface area is 456 Å². The van der Waals surface area contributed by atoms with E-state index in [2.05, 4.69) is 50.9 Å². The lowest BCUT2D eigenvalue weighted by molar-refractivity contribution is -0.0436. The first-order chi connectivity index (χ1) is 36.1. The topological polar surface area (TPSA) is 158 Å². The zero-order chi connectivity index (χ0) is 54.7. The number of allylic oxidation sites excluding steroid dienone is 1. The Morgan fingerprint density at radius 2 is 1.43 bits per heavy atom. The van der Waals surface area contributed by atoms with Gasteiger partial charge in [0.25, 0.3) is 25.8 Å². The van der Waals surface area contributed by atoms with Gasteiger partial charge in [-0.1, -0.05) is 61.4 Å². The highest BCUT2D eigenvalue weighted by Gasteiger charge is 2.48. The van der Waals surface area contributed by atoms with E-state index in [-0.39, 0.29) is 11.0 Å². The van der Waals surface area contributed by atoms with Crippen LogP contribution in [0.3, 0.4) is 0 Å². The van der Waals surface area contributed by atoms with E-state index >= 15 is 0 Å². The van der Waals surface area contributed by atoms with Crippen molar-refractivity contribution in [2.24, 2.45) is 5.41 Å². The number of carbonyl (C=O) groups is 1. The summed E-state index contributed by atoms with van der Waals surface area (Å²) in [6, 6.07) is 25.7. The van der Waals surface area contributed by atoms with E-state index in [1.807, 2.05) is 47.2 Å². The summed E-state index contributed by atoms with van der Waals surface area (Å²) < 4.78 is 123. The largest absolute Gasteiger partial charge is 0.501 e. The summed E-state index contributed by atoms with van der Waals surface area (Å²) >= 11 is 7.65. The molecule has 1 aliphatic carbocycles. The van der Waals surface area contributed by atoms with E-state index in [0.717, 1.165) is 87.8 Å². The smallest absolute Gasteiger partial charge is 0.380 e. The van der Waals surface area contributed by atoms with Crippen molar-refractivity contribution >= 4 is 73.7 Å². The van der Waals surface area contributed by atoms with Gasteiger partial charge in [-0.2, -0.15) is 13.2 Å². The second-order valence-corrected chi connectivity index (χ2v) is 27.5. The number of halogens is 4. The van der Waals surface area contributed by atoms with Crippen LogP contribution in [0, 0.1) is 5.41 Å². The molecule has 0 saturated carbocycles. The van der Waals surface area contributed by atoms with Gasteiger partial charge in [0.05, 0.1) is 30.0 Å². The lowest BCUT2D eigenvalue weighted by atomic mass is 9.73. The standard InChI is InChI=1S/C54H71ClF3N6O8PS3/c1-5-71-73(66,72-6-2)36-10-26-61-28-30-62(31-29-61)27-24-45(40-74-47-11-8-7-9-12-47)59-50-22-21-48(37-51(50)75(67,68)54(56,57)58)76(69,70)60-52(65)42-15-19-46(20-16-42)64-34-32-63(33-35-64)39-43-38-53(3,4)25-23-49(43)41-13-17-44(55)18-14-41/h7-9,11-22,37,45,59H,5-6,10,23-36,38-40H2,1-4H3,(H,60,65)/t45-/m1/s1. The number of hydrogen-bond acceptors (Lipinski definition) is 14. The molecule has 2 saturated heterocycles. The molecule has 2 N–H and O–H groups in total. The highest BCUT2D eigenvalue weighted by molar-refractivity contribution is 7.99. The number of nitrogens with one attached hydrogen (secondary N) is 2. The second-order valence-electron chi connectivity index (χ2n) is 20.2. The van der Waals surface area contributed by atoms with Gasteiger partial charge in [-0.25, -0.2) is 21.6 Å². The molecule has 0 bridgehead atoms. The molecule has 7 rings (SSSR count). The van der Waals surface area contributed by atoms with Crippen molar-refractivity contribution in [2.45, 2.75) is 86.0 Å². The minimum Gasteiger partial charge on any atom is -0.380 e. The lowest BCUT2D eigenvalue weighted by Gasteiger charge is -2.39. The molecular weight excluding hydrogens is 1080 g/mol. The number of alkyl halides is 3. The van der Waals surface area contributed by atoms with Crippen LogP contribution in [-0.4, -0.2) is 146 Å². The molecule has 1 atom stereocenters. The summed E-state index contributed by atoms with van der Waals surface area (Å²) in [7, 11) is -14.1. The van der Waals surface area contributed by atoms with Gasteiger partial charge in [0, 0.05) is 98.4 Å². The van der Waals surface area contributed by atoms with Crippen molar-refractivity contribution in [3.63, 3.8) is 0 Å². The highest BCUT2D eigenvalue weighted by atomic mass is 35.5. The monoisotopic (exact) mass is 1150 g/mol. The van der Waals surface area contributed by atoms with Crippen LogP contribution < -0.4 is 14.9 Å². The molecule has 2 aliphatic heterocycles. The molecule has 1 amide bonds. The molecule has 2 heterocycles. The predicted molar refractivity (Wildman–Crippen MR) is 298 cm³/mol. The van der Waals surface area contributed by atoms with Crippen LogP contribution in [0.2, 0.25) is 5.02 Å². The summed E-state index contributed by atoms with van der Waals surface area (Å²) in [5.41, 5.74) is -1.12. The Kier molecular flexibility index (Phi) is 20.7. The van der Waals surface area contributed by atoms with Gasteiger partial charge in [-0.05, 0) is 136 Å². The molecule has 0 aromatic heterocycles. The molecule has 3 aliphatic rings. The fourth-order valence-corrected chi connectivity index (χ4v) is 14.7. The fourth-order valence-electron chi connectivity index (χ4n) is 9.95. The number of sulfone groups is 1. The summed E-state index contributed by atoms with van der Waals surface area (Å²) in [5.74, 6) is -0.698. The lowest BCUT2D eigenvalue weighted by Crippen LogP contribution is -2.47. The number of rotatable bonds is 24. The normalized spacial score (nSPS) is 17.9. The van der Waals surface area contributed by atoms with Crippen molar-refractivity contribution in [3.05, 3.63) is 119 Å². The predicted octanol–water partition coefficient (Wildman–Crippen LogP) is 10.8. The van der Waals surface area contributed by atoms with Gasteiger partial charge in [0.1, 0.15) is 4.90 Å². The molecule has 76 heavy (non-hydrogen) atoms. The van der Waals surface area contributed by atoms with Crippen LogP contribution in [0.1, 0.15) is 75.7 Å². The number of anilines is 2. The number of piperazine rings is 2. The van der Waals surface area contributed by atoms with E-state index in [1.54, 1.807) is 26.0 Å². The van der Waals surface area contributed by atoms with Crippen molar-refractivity contribution in [2.75, 3.05) is 107 Å². The molecule has 0 spiro atoms. The van der Waals surface area contributed by atoms with Crippen LogP contribution in [-0.2, 0) is 33.5 Å². The van der Waals surface area contributed by atoms with Gasteiger partial charge < -0.3 is 29.1 Å². The fraction of sp³-hybridized carbons (Fsp3) is 0.500.